The monoisotopic (exact) mass is 452 g/mol. The molecule has 0 aliphatic carbocycles. The van der Waals surface area contributed by atoms with Gasteiger partial charge in [-0.1, -0.05) is 0 Å². The molecule has 33 heavy (non-hydrogen) atoms. The number of nitrogens with zero attached hydrogens (tertiary/aromatic N) is 4. The van der Waals surface area contributed by atoms with Crippen LogP contribution in [0.5, 0.6) is 5.75 Å². The second-order valence-electron chi connectivity index (χ2n) is 8.39. The van der Waals surface area contributed by atoms with Crippen LogP contribution >= 0.6 is 0 Å². The summed E-state index contributed by atoms with van der Waals surface area (Å²) in [5, 5.41) is 2.97. The SMILES string of the molecule is CN(C)C(=O)[C@]1(C)Cc2cc(NC(=O)C(=CN)c3ncccn3)c(N3CCOCC3)cc2O1. The van der Waals surface area contributed by atoms with E-state index in [-0.39, 0.29) is 17.3 Å². The smallest absolute Gasteiger partial charge is 0.266 e. The van der Waals surface area contributed by atoms with Crippen LogP contribution < -0.4 is 20.7 Å². The van der Waals surface area contributed by atoms with E-state index < -0.39 is 11.5 Å². The van der Waals surface area contributed by atoms with Crippen molar-refractivity contribution in [3.05, 3.63) is 48.2 Å². The van der Waals surface area contributed by atoms with Crippen molar-refractivity contribution in [2.75, 3.05) is 50.6 Å². The van der Waals surface area contributed by atoms with Gasteiger partial charge in [0.25, 0.3) is 11.8 Å². The van der Waals surface area contributed by atoms with Gasteiger partial charge < -0.3 is 30.3 Å². The fourth-order valence-electron chi connectivity index (χ4n) is 4.13. The Bertz CT molecular complexity index is 1080. The summed E-state index contributed by atoms with van der Waals surface area (Å²) in [5.41, 5.74) is 7.12. The van der Waals surface area contributed by atoms with E-state index in [1.165, 1.54) is 11.1 Å². The first-order valence-electron chi connectivity index (χ1n) is 10.7. The van der Waals surface area contributed by atoms with Crippen LogP contribution in [0.1, 0.15) is 18.3 Å². The fourth-order valence-corrected chi connectivity index (χ4v) is 4.13. The summed E-state index contributed by atoms with van der Waals surface area (Å²) < 4.78 is 11.6. The molecule has 2 aromatic rings. The lowest BCUT2D eigenvalue weighted by molar-refractivity contribution is -0.142. The summed E-state index contributed by atoms with van der Waals surface area (Å²) >= 11 is 0. The second kappa shape index (κ2) is 9.07. The topological polar surface area (TPSA) is 123 Å². The molecule has 10 heteroatoms. The van der Waals surface area contributed by atoms with E-state index in [9.17, 15) is 9.59 Å². The molecule has 1 aromatic heterocycles. The molecule has 1 fully saturated rings. The van der Waals surface area contributed by atoms with Gasteiger partial charge in [-0.25, -0.2) is 9.97 Å². The highest BCUT2D eigenvalue weighted by atomic mass is 16.5. The molecule has 3 heterocycles. The zero-order chi connectivity index (χ0) is 23.6. The number of nitrogens with two attached hydrogens (primary N) is 1. The number of carbonyl (C=O) groups is 2. The van der Waals surface area contributed by atoms with Crippen LogP contribution in [0.4, 0.5) is 11.4 Å². The summed E-state index contributed by atoms with van der Waals surface area (Å²) in [4.78, 5) is 37.8. The van der Waals surface area contributed by atoms with Gasteiger partial charge in [-0.3, -0.25) is 9.59 Å². The van der Waals surface area contributed by atoms with Crippen molar-refractivity contribution in [2.45, 2.75) is 18.9 Å². The van der Waals surface area contributed by atoms with Gasteiger partial charge in [-0.15, -0.1) is 0 Å². The first-order valence-corrected chi connectivity index (χ1v) is 10.7. The molecule has 4 rings (SSSR count). The van der Waals surface area contributed by atoms with Crippen molar-refractivity contribution < 1.29 is 19.1 Å². The number of aromatic nitrogens is 2. The highest BCUT2D eigenvalue weighted by Gasteiger charge is 2.43. The molecule has 0 unspecified atom stereocenters. The Kier molecular flexibility index (Phi) is 6.19. The molecule has 1 atom stereocenters. The highest BCUT2D eigenvalue weighted by molar-refractivity contribution is 6.24. The van der Waals surface area contributed by atoms with E-state index in [1.54, 1.807) is 39.5 Å². The third-order valence-electron chi connectivity index (χ3n) is 5.72. The van der Waals surface area contributed by atoms with Crippen molar-refractivity contribution in [1.29, 1.82) is 0 Å². The van der Waals surface area contributed by atoms with E-state index >= 15 is 0 Å². The predicted molar refractivity (Wildman–Crippen MR) is 124 cm³/mol. The average Bonchev–Trinajstić information content (AvgIpc) is 3.16. The molecule has 0 bridgehead atoms. The Labute approximate surface area is 192 Å². The van der Waals surface area contributed by atoms with Gasteiger partial charge in [0.05, 0.1) is 30.2 Å². The van der Waals surface area contributed by atoms with E-state index in [4.69, 9.17) is 15.2 Å². The number of nitrogens with one attached hydrogen (secondary N) is 1. The normalized spacial score (nSPS) is 20.1. The molecule has 174 valence electrons. The summed E-state index contributed by atoms with van der Waals surface area (Å²) in [6, 6.07) is 5.42. The zero-order valence-corrected chi connectivity index (χ0v) is 19.0. The predicted octanol–water partition coefficient (Wildman–Crippen LogP) is 1.03. The standard InChI is InChI=1S/C23H28N6O4/c1-23(22(31)28(2)3)13-15-11-17(18(12-19(15)33-23)29-7-9-32-10-8-29)27-21(30)16(14-24)20-25-5-4-6-26-20/h4-6,11-12,14H,7-10,13,24H2,1-3H3,(H,27,30)/t23-/m0/s1. The van der Waals surface area contributed by atoms with Crippen LogP contribution in [0.25, 0.3) is 5.57 Å². The number of likely N-dealkylation sites (N-methyl/N-ethyl adjacent to an activating group) is 1. The van der Waals surface area contributed by atoms with Crippen molar-refractivity contribution in [1.82, 2.24) is 14.9 Å². The van der Waals surface area contributed by atoms with Crippen molar-refractivity contribution >= 4 is 28.8 Å². The molecule has 3 N–H and O–H groups in total. The molecule has 0 radical (unpaired) electrons. The number of rotatable bonds is 5. The summed E-state index contributed by atoms with van der Waals surface area (Å²) in [6.45, 7) is 4.26. The molecule has 1 saturated heterocycles. The van der Waals surface area contributed by atoms with E-state index in [0.29, 0.717) is 44.2 Å². The largest absolute Gasteiger partial charge is 0.477 e. The Balaban J connectivity index is 1.69. The molecule has 2 amide bonds. The molecular formula is C23H28N6O4. The average molecular weight is 453 g/mol. The molecule has 0 spiro atoms. The molecule has 1 aromatic carbocycles. The lowest BCUT2D eigenvalue weighted by Crippen LogP contribution is -2.47. The minimum atomic E-state index is -1.00. The number of hydrogen-bond donors (Lipinski definition) is 2. The molecular weight excluding hydrogens is 424 g/mol. The van der Waals surface area contributed by atoms with Crippen LogP contribution in [0.15, 0.2) is 36.8 Å². The Morgan fingerprint density at radius 3 is 2.55 bits per heavy atom. The third kappa shape index (κ3) is 4.47. The number of anilines is 2. The van der Waals surface area contributed by atoms with Gasteiger partial charge in [-0.05, 0) is 19.1 Å². The number of hydrogen-bond acceptors (Lipinski definition) is 8. The zero-order valence-electron chi connectivity index (χ0n) is 19.0. The Hall–Kier alpha value is -3.66. The Morgan fingerprint density at radius 1 is 1.21 bits per heavy atom. The van der Waals surface area contributed by atoms with E-state index in [0.717, 1.165) is 11.3 Å². The van der Waals surface area contributed by atoms with Crippen molar-refractivity contribution in [3.8, 4) is 5.75 Å². The second-order valence-corrected chi connectivity index (χ2v) is 8.39. The lowest BCUT2D eigenvalue weighted by atomic mass is 9.97. The van der Waals surface area contributed by atoms with Crippen LogP contribution in [0, 0.1) is 0 Å². The lowest BCUT2D eigenvalue weighted by Gasteiger charge is -2.31. The minimum absolute atomic E-state index is 0.119. The van der Waals surface area contributed by atoms with Crippen molar-refractivity contribution in [2.24, 2.45) is 5.73 Å². The highest BCUT2D eigenvalue weighted by Crippen LogP contribution is 2.42. The molecule has 2 aliphatic rings. The van der Waals surface area contributed by atoms with Gasteiger partial charge in [0.15, 0.2) is 11.4 Å². The molecule has 0 saturated carbocycles. The number of benzene rings is 1. The van der Waals surface area contributed by atoms with Gasteiger partial charge in [-0.2, -0.15) is 0 Å². The number of morpholine rings is 1. The molecule has 10 nitrogen and oxygen atoms in total. The van der Waals surface area contributed by atoms with Crippen LogP contribution in [0.2, 0.25) is 0 Å². The fraction of sp³-hybridized carbons (Fsp3) is 0.391. The van der Waals surface area contributed by atoms with Crippen molar-refractivity contribution in [3.63, 3.8) is 0 Å². The maximum Gasteiger partial charge on any atom is 0.266 e. The molecule has 2 aliphatic heterocycles. The van der Waals surface area contributed by atoms with Crippen LogP contribution in [-0.4, -0.2) is 72.7 Å². The Morgan fingerprint density at radius 2 is 1.91 bits per heavy atom. The van der Waals surface area contributed by atoms with Gasteiger partial charge in [0.2, 0.25) is 0 Å². The van der Waals surface area contributed by atoms with E-state index in [1.807, 2.05) is 12.1 Å². The first kappa shape index (κ1) is 22.5. The minimum Gasteiger partial charge on any atom is -0.477 e. The third-order valence-corrected chi connectivity index (χ3v) is 5.72. The number of amides is 2. The van der Waals surface area contributed by atoms with Gasteiger partial charge in [0, 0.05) is 63.8 Å². The quantitative estimate of drug-likeness (QED) is 0.645. The van der Waals surface area contributed by atoms with Gasteiger partial charge >= 0.3 is 0 Å². The van der Waals surface area contributed by atoms with E-state index in [2.05, 4.69) is 20.2 Å². The number of carbonyl (C=O) groups excluding carboxylic acids is 2. The maximum atomic E-state index is 13.1. The number of ether oxygens (including phenoxy) is 2. The summed E-state index contributed by atoms with van der Waals surface area (Å²) in [6.07, 6.45) is 4.69. The summed E-state index contributed by atoms with van der Waals surface area (Å²) in [7, 11) is 3.41. The maximum absolute atomic E-state index is 13.1. The summed E-state index contributed by atoms with van der Waals surface area (Å²) in [5.74, 6) is 0.322. The van der Waals surface area contributed by atoms with Crippen LogP contribution in [-0.2, 0) is 20.7 Å². The van der Waals surface area contributed by atoms with Crippen LogP contribution in [0.3, 0.4) is 0 Å². The number of fused-ring (bicyclic) bond motifs is 1. The van der Waals surface area contributed by atoms with Gasteiger partial charge in [0.1, 0.15) is 5.75 Å². The first-order chi connectivity index (χ1) is 15.8.